The summed E-state index contributed by atoms with van der Waals surface area (Å²) >= 11 is 0. The topological polar surface area (TPSA) is 23.8 Å². The Morgan fingerprint density at radius 2 is 1.58 bits per heavy atom. The Kier molecular flexibility index (Phi) is 9.24. The molecule has 2 aromatic carbocycles. The predicted octanol–water partition coefficient (Wildman–Crippen LogP) is 7.96. The maximum Gasteiger partial charge on any atom is 0.0994 e. The van der Waals surface area contributed by atoms with Gasteiger partial charge in [0, 0.05) is 11.5 Å². The second kappa shape index (κ2) is 12.4. The first kappa shape index (κ1) is 23.2. The van der Waals surface area contributed by atoms with Crippen LogP contribution >= 0.6 is 0 Å². The predicted molar refractivity (Wildman–Crippen MR) is 131 cm³/mol. The van der Waals surface area contributed by atoms with Gasteiger partial charge in [-0.2, -0.15) is 5.26 Å². The highest BCUT2D eigenvalue weighted by Crippen LogP contribution is 2.35. The number of nitriles is 1. The molecule has 0 aromatic heterocycles. The Morgan fingerprint density at radius 1 is 0.839 bits per heavy atom. The van der Waals surface area contributed by atoms with Crippen molar-refractivity contribution in [1.82, 2.24) is 0 Å². The van der Waals surface area contributed by atoms with E-state index in [1.54, 1.807) is 0 Å². The smallest absolute Gasteiger partial charge is 0.0994 e. The van der Waals surface area contributed by atoms with Crippen LogP contribution in [0.2, 0.25) is 0 Å². The van der Waals surface area contributed by atoms with Crippen molar-refractivity contribution in [3.63, 3.8) is 0 Å². The summed E-state index contributed by atoms with van der Waals surface area (Å²) in [5, 5.41) is 9.47. The van der Waals surface area contributed by atoms with E-state index in [1.165, 1.54) is 62.5 Å². The Balaban J connectivity index is 1.53. The zero-order chi connectivity index (χ0) is 21.9. The molecule has 0 radical (unpaired) electrons. The molecule has 1 aliphatic rings. The van der Waals surface area contributed by atoms with Crippen molar-refractivity contribution in [1.29, 1.82) is 5.26 Å². The van der Waals surface area contributed by atoms with Crippen LogP contribution in [-0.2, 0) is 12.8 Å². The van der Waals surface area contributed by atoms with E-state index in [4.69, 9.17) is 0 Å². The SMILES string of the molecule is CCCCCc1ccc(C2CCC(C#Cc3ccc(CCCC)c(C#N)c3)CC2)cc1. The fourth-order valence-electron chi connectivity index (χ4n) is 4.64. The fraction of sp³-hybridized carbons (Fsp3) is 0.500. The molecule has 0 aliphatic heterocycles. The minimum atomic E-state index is 0.481. The van der Waals surface area contributed by atoms with E-state index in [9.17, 15) is 5.26 Å². The highest BCUT2D eigenvalue weighted by molar-refractivity contribution is 5.46. The average molecular weight is 412 g/mol. The van der Waals surface area contributed by atoms with Crippen molar-refractivity contribution < 1.29 is 0 Å². The Labute approximate surface area is 189 Å². The van der Waals surface area contributed by atoms with Gasteiger partial charge < -0.3 is 0 Å². The lowest BCUT2D eigenvalue weighted by molar-refractivity contribution is 0.384. The first-order chi connectivity index (χ1) is 15.2. The quantitative estimate of drug-likeness (QED) is 0.319. The number of aryl methyl sites for hydroxylation is 2. The molecule has 0 unspecified atom stereocenters. The summed E-state index contributed by atoms with van der Waals surface area (Å²) in [6, 6.07) is 17.9. The van der Waals surface area contributed by atoms with Gasteiger partial charge in [-0.3, -0.25) is 0 Å². The molecule has 0 bridgehead atoms. The number of hydrogen-bond donors (Lipinski definition) is 0. The molecule has 2 aromatic rings. The molecule has 31 heavy (non-hydrogen) atoms. The summed E-state index contributed by atoms with van der Waals surface area (Å²) in [4.78, 5) is 0. The lowest BCUT2D eigenvalue weighted by Crippen LogP contribution is -2.12. The third-order valence-electron chi connectivity index (χ3n) is 6.70. The third kappa shape index (κ3) is 7.01. The van der Waals surface area contributed by atoms with E-state index in [-0.39, 0.29) is 0 Å². The van der Waals surface area contributed by atoms with Gasteiger partial charge in [0.1, 0.15) is 0 Å². The third-order valence-corrected chi connectivity index (χ3v) is 6.70. The van der Waals surface area contributed by atoms with Gasteiger partial charge in [0.15, 0.2) is 0 Å². The second-order valence-electron chi connectivity index (χ2n) is 9.10. The highest BCUT2D eigenvalue weighted by Gasteiger charge is 2.21. The molecular weight excluding hydrogens is 374 g/mol. The summed E-state index contributed by atoms with van der Waals surface area (Å²) in [6.07, 6.45) is 13.2. The number of hydrogen-bond acceptors (Lipinski definition) is 1. The molecule has 1 nitrogen and oxygen atoms in total. The van der Waals surface area contributed by atoms with Crippen molar-refractivity contribution >= 4 is 0 Å². The molecule has 162 valence electrons. The lowest BCUT2D eigenvalue weighted by Gasteiger charge is -2.26. The summed E-state index contributed by atoms with van der Waals surface area (Å²) in [5.41, 5.74) is 5.92. The van der Waals surface area contributed by atoms with Crippen LogP contribution in [0.4, 0.5) is 0 Å². The van der Waals surface area contributed by atoms with Gasteiger partial charge in [0.2, 0.25) is 0 Å². The molecule has 1 heteroatoms. The van der Waals surface area contributed by atoms with Gasteiger partial charge in [0.25, 0.3) is 0 Å². The van der Waals surface area contributed by atoms with E-state index in [1.807, 2.05) is 6.07 Å². The van der Waals surface area contributed by atoms with E-state index in [0.29, 0.717) is 11.8 Å². The number of nitrogens with zero attached hydrogens (tertiary/aromatic N) is 1. The zero-order valence-electron chi connectivity index (χ0n) is 19.4. The van der Waals surface area contributed by atoms with Crippen molar-refractivity contribution in [2.75, 3.05) is 0 Å². The molecule has 0 saturated heterocycles. The average Bonchev–Trinajstić information content (AvgIpc) is 2.82. The van der Waals surface area contributed by atoms with Crippen LogP contribution in [0, 0.1) is 29.1 Å². The van der Waals surface area contributed by atoms with E-state index < -0.39 is 0 Å². The molecule has 1 aliphatic carbocycles. The van der Waals surface area contributed by atoms with Crippen molar-refractivity contribution in [2.45, 2.75) is 90.4 Å². The van der Waals surface area contributed by atoms with Crippen LogP contribution < -0.4 is 0 Å². The Morgan fingerprint density at radius 3 is 2.26 bits per heavy atom. The largest absolute Gasteiger partial charge is 0.192 e. The summed E-state index contributed by atoms with van der Waals surface area (Å²) in [5.74, 6) is 8.03. The molecular formula is C30H37N. The molecule has 3 rings (SSSR count). The first-order valence-corrected chi connectivity index (χ1v) is 12.4. The molecule has 1 saturated carbocycles. The van der Waals surface area contributed by atoms with Crippen LogP contribution in [0.3, 0.4) is 0 Å². The van der Waals surface area contributed by atoms with Gasteiger partial charge in [-0.05, 0) is 86.1 Å². The maximum absolute atomic E-state index is 9.47. The van der Waals surface area contributed by atoms with Crippen LogP contribution in [-0.4, -0.2) is 0 Å². The molecule has 0 amide bonds. The van der Waals surface area contributed by atoms with E-state index in [0.717, 1.165) is 36.0 Å². The van der Waals surface area contributed by atoms with Gasteiger partial charge in [-0.25, -0.2) is 0 Å². The van der Waals surface area contributed by atoms with Crippen LogP contribution in [0.1, 0.15) is 105 Å². The molecule has 0 spiro atoms. The summed E-state index contributed by atoms with van der Waals surface area (Å²) < 4.78 is 0. The van der Waals surface area contributed by atoms with Gasteiger partial charge in [-0.15, -0.1) is 0 Å². The van der Waals surface area contributed by atoms with Gasteiger partial charge >= 0.3 is 0 Å². The number of benzene rings is 2. The molecule has 0 atom stereocenters. The first-order valence-electron chi connectivity index (χ1n) is 12.4. The molecule has 0 N–H and O–H groups in total. The zero-order valence-corrected chi connectivity index (χ0v) is 19.4. The summed E-state index contributed by atoms with van der Waals surface area (Å²) in [6.45, 7) is 4.45. The van der Waals surface area contributed by atoms with E-state index >= 15 is 0 Å². The van der Waals surface area contributed by atoms with Gasteiger partial charge in [0.05, 0.1) is 11.6 Å². The number of rotatable bonds is 8. The molecule has 0 heterocycles. The normalized spacial score (nSPS) is 18.1. The van der Waals surface area contributed by atoms with Crippen molar-refractivity contribution in [2.24, 2.45) is 5.92 Å². The summed E-state index contributed by atoms with van der Waals surface area (Å²) in [7, 11) is 0. The highest BCUT2D eigenvalue weighted by atomic mass is 14.3. The maximum atomic E-state index is 9.47. The second-order valence-corrected chi connectivity index (χ2v) is 9.10. The van der Waals surface area contributed by atoms with Crippen molar-refractivity contribution in [3.05, 3.63) is 70.3 Å². The monoisotopic (exact) mass is 411 g/mol. The Bertz CT molecular complexity index is 912. The van der Waals surface area contributed by atoms with Crippen LogP contribution in [0.25, 0.3) is 0 Å². The van der Waals surface area contributed by atoms with E-state index in [2.05, 4.69) is 68.2 Å². The Hall–Kier alpha value is -2.51. The lowest BCUT2D eigenvalue weighted by atomic mass is 9.78. The van der Waals surface area contributed by atoms with Crippen molar-refractivity contribution in [3.8, 4) is 17.9 Å². The minimum absolute atomic E-state index is 0.481. The van der Waals surface area contributed by atoms with Crippen LogP contribution in [0.15, 0.2) is 42.5 Å². The standard InChI is InChI=1S/C30H37N/c1-3-5-7-8-24-12-17-28(18-13-24)29-19-14-25(15-20-29)10-11-26-16-21-27(9-6-4-2)30(22-26)23-31/h12-13,16-18,21-22,25,29H,3-9,14-15,19-20H2,1-2H3. The fourth-order valence-corrected chi connectivity index (χ4v) is 4.64. The van der Waals surface area contributed by atoms with Crippen LogP contribution in [0.5, 0.6) is 0 Å². The minimum Gasteiger partial charge on any atom is -0.192 e. The number of unbranched alkanes of at least 4 members (excludes halogenated alkanes) is 3. The van der Waals surface area contributed by atoms with Gasteiger partial charge in [-0.1, -0.05) is 75.3 Å². The molecule has 1 fully saturated rings.